The Morgan fingerprint density at radius 1 is 1.24 bits per heavy atom. The molecule has 1 heterocycles. The topological polar surface area (TPSA) is 60.1 Å². The molecule has 0 radical (unpaired) electrons. The van der Waals surface area contributed by atoms with Gasteiger partial charge >= 0.3 is 0 Å². The van der Waals surface area contributed by atoms with Crippen LogP contribution < -0.4 is 0 Å². The van der Waals surface area contributed by atoms with E-state index in [9.17, 15) is 4.79 Å². The van der Waals surface area contributed by atoms with Gasteiger partial charge in [-0.2, -0.15) is 5.10 Å². The predicted octanol–water partition coefficient (Wildman–Crippen LogP) is 1.78. The maximum absolute atomic E-state index is 11.9. The molecule has 0 aliphatic carbocycles. The third-order valence-corrected chi connectivity index (χ3v) is 2.20. The molecule has 0 atom stereocenters. The smallest absolute Gasteiger partial charge is 0.168 e. The molecule has 17 heavy (non-hydrogen) atoms. The van der Waals surface area contributed by atoms with Crippen molar-refractivity contribution in [2.45, 2.75) is 13.3 Å². The van der Waals surface area contributed by atoms with Gasteiger partial charge in [0.2, 0.25) is 0 Å². The molecule has 0 aliphatic rings. The number of hydrogen-bond donors (Lipinski definition) is 0. The summed E-state index contributed by atoms with van der Waals surface area (Å²) in [4.78, 5) is 11.9. The number of ketones is 1. The number of rotatable bonds is 4. The van der Waals surface area contributed by atoms with Crippen LogP contribution in [0.2, 0.25) is 0 Å². The van der Waals surface area contributed by atoms with Crippen molar-refractivity contribution < 1.29 is 4.79 Å². The second-order valence-corrected chi connectivity index (χ2v) is 3.64. The summed E-state index contributed by atoms with van der Waals surface area (Å²) in [6.45, 7) is 1.81. The molecule has 0 fully saturated rings. The minimum Gasteiger partial charge on any atom is -0.294 e. The Balaban J connectivity index is 2.05. The highest BCUT2D eigenvalue weighted by Crippen LogP contribution is 2.04. The first-order valence-corrected chi connectivity index (χ1v) is 5.23. The maximum atomic E-state index is 11.9. The van der Waals surface area contributed by atoms with E-state index in [4.69, 9.17) is 0 Å². The van der Waals surface area contributed by atoms with Gasteiger partial charge in [-0.1, -0.05) is 30.3 Å². The summed E-state index contributed by atoms with van der Waals surface area (Å²) >= 11 is 0. The summed E-state index contributed by atoms with van der Waals surface area (Å²) in [6, 6.07) is 9.18. The first kappa shape index (κ1) is 11.2. The Morgan fingerprint density at radius 3 is 2.53 bits per heavy atom. The van der Waals surface area contributed by atoms with Gasteiger partial charge in [0.25, 0.3) is 0 Å². The Morgan fingerprint density at radius 2 is 1.88 bits per heavy atom. The second kappa shape index (κ2) is 5.16. The van der Waals surface area contributed by atoms with E-state index in [1.54, 1.807) is 19.1 Å². The zero-order chi connectivity index (χ0) is 12.1. The van der Waals surface area contributed by atoms with Crippen LogP contribution in [0.15, 0.2) is 48.1 Å². The lowest BCUT2D eigenvalue weighted by Gasteiger charge is -2.00. The van der Waals surface area contributed by atoms with Crippen LogP contribution in [0.1, 0.15) is 23.7 Å². The minimum atomic E-state index is 0.0555. The fraction of sp³-hybridized carbons (Fsp3) is 0.167. The SMILES string of the molecule is CC(CC(=O)c1ccccc1)=Nn1cnnc1. The maximum Gasteiger partial charge on any atom is 0.168 e. The Bertz CT molecular complexity index is 517. The van der Waals surface area contributed by atoms with Crippen LogP contribution in [0.5, 0.6) is 0 Å². The van der Waals surface area contributed by atoms with E-state index in [0.29, 0.717) is 12.0 Å². The molecule has 0 aliphatic heterocycles. The molecule has 5 nitrogen and oxygen atoms in total. The van der Waals surface area contributed by atoms with Crippen LogP contribution in [-0.4, -0.2) is 26.4 Å². The van der Waals surface area contributed by atoms with Crippen molar-refractivity contribution in [1.82, 2.24) is 14.9 Å². The third kappa shape index (κ3) is 3.07. The zero-order valence-electron chi connectivity index (χ0n) is 9.45. The van der Waals surface area contributed by atoms with Crippen LogP contribution in [0.25, 0.3) is 0 Å². The molecule has 2 rings (SSSR count). The number of nitrogens with zero attached hydrogens (tertiary/aromatic N) is 4. The average Bonchev–Trinajstić information content (AvgIpc) is 2.82. The number of aromatic nitrogens is 3. The van der Waals surface area contributed by atoms with Gasteiger partial charge < -0.3 is 0 Å². The molecule has 0 saturated heterocycles. The van der Waals surface area contributed by atoms with Gasteiger partial charge in [0, 0.05) is 11.3 Å². The number of Topliss-reactive ketones (excluding diaryl/α,β-unsaturated/α-hetero) is 1. The van der Waals surface area contributed by atoms with Gasteiger partial charge in [-0.3, -0.25) is 4.79 Å². The molecule has 5 heteroatoms. The fourth-order valence-corrected chi connectivity index (χ4v) is 1.44. The molecule has 0 N–H and O–H groups in total. The van der Waals surface area contributed by atoms with Crippen LogP contribution in [0.4, 0.5) is 0 Å². The lowest BCUT2D eigenvalue weighted by Crippen LogP contribution is -2.06. The highest BCUT2D eigenvalue weighted by atomic mass is 16.1. The number of carbonyl (C=O) groups is 1. The molecule has 1 aromatic carbocycles. The van der Waals surface area contributed by atoms with Crippen molar-refractivity contribution in [3.05, 3.63) is 48.5 Å². The molecule has 0 saturated carbocycles. The van der Waals surface area contributed by atoms with Crippen LogP contribution >= 0.6 is 0 Å². The molecule has 86 valence electrons. The van der Waals surface area contributed by atoms with Crippen molar-refractivity contribution in [3.63, 3.8) is 0 Å². The Labute approximate surface area is 98.8 Å². The third-order valence-electron chi connectivity index (χ3n) is 2.20. The van der Waals surface area contributed by atoms with Gasteiger partial charge in [0.1, 0.15) is 12.7 Å². The Hall–Kier alpha value is -2.30. The van der Waals surface area contributed by atoms with Crippen molar-refractivity contribution in [1.29, 1.82) is 0 Å². The van der Waals surface area contributed by atoms with Gasteiger partial charge in [-0.05, 0) is 6.92 Å². The number of hydrogen-bond acceptors (Lipinski definition) is 4. The second-order valence-electron chi connectivity index (χ2n) is 3.64. The summed E-state index contributed by atoms with van der Waals surface area (Å²) in [5, 5.41) is 11.4. The number of benzene rings is 1. The molecular formula is C12H12N4O. The fourth-order valence-electron chi connectivity index (χ4n) is 1.44. The van der Waals surface area contributed by atoms with Gasteiger partial charge in [0.15, 0.2) is 5.78 Å². The summed E-state index contributed by atoms with van der Waals surface area (Å²) in [6.07, 6.45) is 3.26. The van der Waals surface area contributed by atoms with E-state index in [-0.39, 0.29) is 5.78 Å². The van der Waals surface area contributed by atoms with E-state index in [1.807, 2.05) is 18.2 Å². The van der Waals surface area contributed by atoms with Gasteiger partial charge in [-0.15, -0.1) is 10.2 Å². The largest absolute Gasteiger partial charge is 0.294 e. The van der Waals surface area contributed by atoms with E-state index in [0.717, 1.165) is 5.71 Å². The molecule has 0 bridgehead atoms. The van der Waals surface area contributed by atoms with Crippen molar-refractivity contribution >= 4 is 11.5 Å². The molecule has 0 unspecified atom stereocenters. The molecule has 1 aromatic heterocycles. The van der Waals surface area contributed by atoms with E-state index in [1.165, 1.54) is 17.3 Å². The highest BCUT2D eigenvalue weighted by Gasteiger charge is 2.06. The highest BCUT2D eigenvalue weighted by molar-refractivity contribution is 6.08. The summed E-state index contributed by atoms with van der Waals surface area (Å²) in [5.74, 6) is 0.0555. The lowest BCUT2D eigenvalue weighted by atomic mass is 10.1. The van der Waals surface area contributed by atoms with Crippen molar-refractivity contribution in [3.8, 4) is 0 Å². The van der Waals surface area contributed by atoms with Crippen LogP contribution in [-0.2, 0) is 0 Å². The van der Waals surface area contributed by atoms with Crippen LogP contribution in [0, 0.1) is 0 Å². The van der Waals surface area contributed by atoms with Gasteiger partial charge in [0.05, 0.1) is 6.42 Å². The summed E-state index contributed by atoms with van der Waals surface area (Å²) in [7, 11) is 0. The first-order valence-electron chi connectivity index (χ1n) is 5.23. The Kier molecular flexibility index (Phi) is 3.40. The van der Waals surface area contributed by atoms with Crippen LogP contribution in [0.3, 0.4) is 0 Å². The standard InChI is InChI=1S/C12H12N4O/c1-10(15-16-8-13-14-9-16)7-12(17)11-5-3-2-4-6-11/h2-6,8-9H,7H2,1H3. The number of carbonyl (C=O) groups excluding carboxylic acids is 1. The minimum absolute atomic E-state index is 0.0555. The summed E-state index contributed by atoms with van der Waals surface area (Å²) in [5.41, 5.74) is 1.42. The normalized spacial score (nSPS) is 11.5. The first-order chi connectivity index (χ1) is 8.25. The molecular weight excluding hydrogens is 216 g/mol. The molecule has 2 aromatic rings. The monoisotopic (exact) mass is 228 g/mol. The van der Waals surface area contributed by atoms with Crippen molar-refractivity contribution in [2.24, 2.45) is 5.10 Å². The van der Waals surface area contributed by atoms with Crippen molar-refractivity contribution in [2.75, 3.05) is 0 Å². The van der Waals surface area contributed by atoms with E-state index in [2.05, 4.69) is 15.3 Å². The van der Waals surface area contributed by atoms with E-state index >= 15 is 0 Å². The zero-order valence-corrected chi connectivity index (χ0v) is 9.45. The molecule has 0 amide bonds. The molecule has 0 spiro atoms. The predicted molar refractivity (Wildman–Crippen MR) is 63.9 cm³/mol. The average molecular weight is 228 g/mol. The lowest BCUT2D eigenvalue weighted by molar-refractivity contribution is 0.100. The summed E-state index contributed by atoms with van der Waals surface area (Å²) < 4.78 is 1.48. The van der Waals surface area contributed by atoms with Gasteiger partial charge in [-0.25, -0.2) is 4.68 Å². The quantitative estimate of drug-likeness (QED) is 0.592. The van der Waals surface area contributed by atoms with E-state index < -0.39 is 0 Å².